The van der Waals surface area contributed by atoms with Gasteiger partial charge in [-0.05, 0) is 18.3 Å². The Balaban J connectivity index is 2.50. The predicted molar refractivity (Wildman–Crippen MR) is 45.6 cm³/mol. The molecule has 2 fully saturated rings. The van der Waals surface area contributed by atoms with Gasteiger partial charge in [-0.15, -0.1) is 0 Å². The van der Waals surface area contributed by atoms with Gasteiger partial charge in [0.2, 0.25) is 0 Å². The van der Waals surface area contributed by atoms with Gasteiger partial charge in [-0.2, -0.15) is 0 Å². The van der Waals surface area contributed by atoms with E-state index in [0.717, 1.165) is 12.8 Å². The Bertz CT molecular complexity index is 244. The van der Waals surface area contributed by atoms with Gasteiger partial charge in [-0.25, -0.2) is 0 Å². The number of Topliss-reactive ketones (excluding diaryl/α,β-unsaturated/α-hetero) is 1. The Morgan fingerprint density at radius 1 is 1.42 bits per heavy atom. The molecule has 2 bridgehead atoms. The summed E-state index contributed by atoms with van der Waals surface area (Å²) in [7, 11) is 0. The summed E-state index contributed by atoms with van der Waals surface area (Å²) in [5.74, 6) is 0.186. The minimum atomic E-state index is -0.703. The first-order valence-corrected chi connectivity index (χ1v) is 4.63. The average molecular weight is 168 g/mol. The standard InChI is InChI=1S/C10H16O2/c1-9(2)6-4-5-10(9,3)8(12)7(6)11/h6,8,12H,4-5H2,1-3H3/t6-,8+,10+/m0/s1. The normalized spacial score (nSPS) is 50.2. The molecule has 0 saturated heterocycles. The minimum absolute atomic E-state index is 0.00347. The van der Waals surface area contributed by atoms with Crippen molar-refractivity contribution in [2.45, 2.75) is 39.7 Å². The Morgan fingerprint density at radius 2 is 2.00 bits per heavy atom. The van der Waals surface area contributed by atoms with Gasteiger partial charge >= 0.3 is 0 Å². The number of hydrogen-bond acceptors (Lipinski definition) is 2. The smallest absolute Gasteiger partial charge is 0.165 e. The molecule has 0 amide bonds. The van der Waals surface area contributed by atoms with Crippen LogP contribution in [-0.4, -0.2) is 17.0 Å². The molecular weight excluding hydrogens is 152 g/mol. The van der Waals surface area contributed by atoms with Gasteiger partial charge < -0.3 is 5.11 Å². The number of aliphatic hydroxyl groups is 1. The summed E-state index contributed by atoms with van der Waals surface area (Å²) < 4.78 is 0. The fourth-order valence-electron chi connectivity index (χ4n) is 3.02. The fraction of sp³-hybridized carbons (Fsp3) is 0.900. The van der Waals surface area contributed by atoms with Crippen molar-refractivity contribution in [2.24, 2.45) is 16.7 Å². The molecule has 0 aromatic rings. The predicted octanol–water partition coefficient (Wildman–Crippen LogP) is 1.37. The van der Waals surface area contributed by atoms with E-state index in [2.05, 4.69) is 13.8 Å². The number of ketones is 1. The molecule has 3 atom stereocenters. The van der Waals surface area contributed by atoms with Gasteiger partial charge in [0.25, 0.3) is 0 Å². The number of hydrogen-bond donors (Lipinski definition) is 1. The number of carbonyl (C=O) groups is 1. The highest BCUT2D eigenvalue weighted by atomic mass is 16.3. The zero-order valence-electron chi connectivity index (χ0n) is 7.92. The van der Waals surface area contributed by atoms with Crippen molar-refractivity contribution in [1.29, 1.82) is 0 Å². The van der Waals surface area contributed by atoms with E-state index in [1.807, 2.05) is 6.92 Å². The van der Waals surface area contributed by atoms with Gasteiger partial charge in [0.1, 0.15) is 6.10 Å². The van der Waals surface area contributed by atoms with Gasteiger partial charge in [-0.3, -0.25) is 4.79 Å². The third-order valence-corrected chi connectivity index (χ3v) is 4.51. The molecule has 2 heteroatoms. The summed E-state index contributed by atoms with van der Waals surface area (Å²) in [5.41, 5.74) is -0.155. The summed E-state index contributed by atoms with van der Waals surface area (Å²) in [5, 5.41) is 9.73. The molecule has 2 aliphatic rings. The lowest BCUT2D eigenvalue weighted by atomic mass is 9.70. The molecule has 0 aliphatic heterocycles. The lowest BCUT2D eigenvalue weighted by Gasteiger charge is -2.35. The molecule has 2 rings (SSSR count). The van der Waals surface area contributed by atoms with Crippen LogP contribution in [0.3, 0.4) is 0 Å². The first-order chi connectivity index (χ1) is 5.41. The lowest BCUT2D eigenvalue weighted by Crippen LogP contribution is -2.37. The minimum Gasteiger partial charge on any atom is -0.385 e. The number of rotatable bonds is 0. The zero-order chi connectivity index (χ0) is 9.15. The van der Waals surface area contributed by atoms with E-state index in [1.54, 1.807) is 0 Å². The topological polar surface area (TPSA) is 37.3 Å². The highest BCUT2D eigenvalue weighted by Crippen LogP contribution is 2.63. The first-order valence-electron chi connectivity index (χ1n) is 4.63. The van der Waals surface area contributed by atoms with E-state index < -0.39 is 6.10 Å². The Kier molecular flexibility index (Phi) is 1.32. The van der Waals surface area contributed by atoms with Crippen molar-refractivity contribution in [3.8, 4) is 0 Å². The van der Waals surface area contributed by atoms with Crippen LogP contribution in [0.2, 0.25) is 0 Å². The Hall–Kier alpha value is -0.370. The quantitative estimate of drug-likeness (QED) is 0.593. The van der Waals surface area contributed by atoms with Crippen LogP contribution in [0, 0.1) is 16.7 Å². The van der Waals surface area contributed by atoms with Crippen molar-refractivity contribution in [3.63, 3.8) is 0 Å². The summed E-state index contributed by atoms with van der Waals surface area (Å²) in [4.78, 5) is 11.5. The second-order valence-corrected chi connectivity index (χ2v) is 5.04. The molecular formula is C10H16O2. The highest BCUT2D eigenvalue weighted by molar-refractivity contribution is 5.90. The van der Waals surface area contributed by atoms with E-state index in [0.29, 0.717) is 0 Å². The summed E-state index contributed by atoms with van der Waals surface area (Å²) in [6, 6.07) is 0. The molecule has 68 valence electrons. The van der Waals surface area contributed by atoms with Crippen LogP contribution >= 0.6 is 0 Å². The largest absolute Gasteiger partial charge is 0.385 e. The third-order valence-electron chi connectivity index (χ3n) is 4.51. The third kappa shape index (κ3) is 0.598. The molecule has 2 saturated carbocycles. The van der Waals surface area contributed by atoms with E-state index in [4.69, 9.17) is 0 Å². The summed E-state index contributed by atoms with van der Waals surface area (Å²) in [6.07, 6.45) is 1.27. The van der Waals surface area contributed by atoms with Crippen molar-refractivity contribution in [3.05, 3.63) is 0 Å². The molecule has 2 nitrogen and oxygen atoms in total. The van der Waals surface area contributed by atoms with E-state index in [-0.39, 0.29) is 22.5 Å². The van der Waals surface area contributed by atoms with Crippen LogP contribution in [0.15, 0.2) is 0 Å². The van der Waals surface area contributed by atoms with Crippen molar-refractivity contribution in [1.82, 2.24) is 0 Å². The van der Waals surface area contributed by atoms with Crippen LogP contribution in [0.1, 0.15) is 33.6 Å². The van der Waals surface area contributed by atoms with Crippen LogP contribution < -0.4 is 0 Å². The summed E-state index contributed by atoms with van der Waals surface area (Å²) >= 11 is 0. The van der Waals surface area contributed by atoms with Gasteiger partial charge in [0, 0.05) is 11.3 Å². The maximum Gasteiger partial charge on any atom is 0.165 e. The molecule has 12 heavy (non-hydrogen) atoms. The highest BCUT2D eigenvalue weighted by Gasteiger charge is 2.65. The van der Waals surface area contributed by atoms with Crippen molar-refractivity contribution < 1.29 is 9.90 Å². The first kappa shape index (κ1) is 8.24. The van der Waals surface area contributed by atoms with Crippen LogP contribution in [-0.2, 0) is 4.79 Å². The van der Waals surface area contributed by atoms with Gasteiger partial charge in [0.15, 0.2) is 5.78 Å². The van der Waals surface area contributed by atoms with E-state index in [1.165, 1.54) is 0 Å². The Morgan fingerprint density at radius 3 is 2.25 bits per heavy atom. The molecule has 2 aliphatic carbocycles. The molecule has 0 heterocycles. The molecule has 0 aromatic heterocycles. The Labute approximate surface area is 73.0 Å². The van der Waals surface area contributed by atoms with Crippen LogP contribution in [0.25, 0.3) is 0 Å². The molecule has 0 unspecified atom stereocenters. The summed E-state index contributed by atoms with van der Waals surface area (Å²) in [6.45, 7) is 6.26. The second kappa shape index (κ2) is 1.92. The van der Waals surface area contributed by atoms with Crippen molar-refractivity contribution in [2.75, 3.05) is 0 Å². The average Bonchev–Trinajstić information content (AvgIpc) is 2.26. The molecule has 0 spiro atoms. The van der Waals surface area contributed by atoms with Crippen LogP contribution in [0.4, 0.5) is 0 Å². The maximum atomic E-state index is 11.5. The van der Waals surface area contributed by atoms with Crippen molar-refractivity contribution >= 4 is 5.78 Å². The number of fused-ring (bicyclic) bond motifs is 2. The fourth-order valence-corrected chi connectivity index (χ4v) is 3.02. The van der Waals surface area contributed by atoms with Crippen LogP contribution in [0.5, 0.6) is 0 Å². The van der Waals surface area contributed by atoms with Gasteiger partial charge in [0.05, 0.1) is 0 Å². The van der Waals surface area contributed by atoms with Gasteiger partial charge in [-0.1, -0.05) is 20.8 Å². The number of carbonyl (C=O) groups excluding carboxylic acids is 1. The molecule has 0 aromatic carbocycles. The second-order valence-electron chi connectivity index (χ2n) is 5.04. The van der Waals surface area contributed by atoms with E-state index >= 15 is 0 Å². The SMILES string of the molecule is CC1(C)[C@H]2CC[C@]1(C)[C@H](O)C2=O. The van der Waals surface area contributed by atoms with E-state index in [9.17, 15) is 9.90 Å². The molecule has 0 radical (unpaired) electrons. The maximum absolute atomic E-state index is 11.5. The monoisotopic (exact) mass is 168 g/mol. The lowest BCUT2D eigenvalue weighted by molar-refractivity contribution is -0.132. The number of aliphatic hydroxyl groups excluding tert-OH is 1. The molecule has 1 N–H and O–H groups in total. The zero-order valence-corrected chi connectivity index (χ0v) is 7.92.